The van der Waals surface area contributed by atoms with Gasteiger partial charge in [-0.3, -0.25) is 14.6 Å². The summed E-state index contributed by atoms with van der Waals surface area (Å²) >= 11 is 0. The van der Waals surface area contributed by atoms with Gasteiger partial charge in [0.2, 0.25) is 10.0 Å². The third kappa shape index (κ3) is 5.89. The SMILES string of the molecule is CC(C)NS(=O)(=O)c1ccc(NC(=O)C(C)OC(=O)Cc2cccc3cccnc23)cc1. The van der Waals surface area contributed by atoms with Crippen molar-refractivity contribution in [3.05, 3.63) is 66.4 Å². The van der Waals surface area contributed by atoms with E-state index in [4.69, 9.17) is 4.74 Å². The number of benzene rings is 2. The van der Waals surface area contributed by atoms with Crippen LogP contribution in [0.4, 0.5) is 5.69 Å². The van der Waals surface area contributed by atoms with Crippen LogP contribution in [0, 0.1) is 0 Å². The van der Waals surface area contributed by atoms with Crippen molar-refractivity contribution in [2.24, 2.45) is 0 Å². The fourth-order valence-electron chi connectivity index (χ4n) is 3.10. The minimum atomic E-state index is -3.62. The van der Waals surface area contributed by atoms with E-state index in [1.54, 1.807) is 26.1 Å². The van der Waals surface area contributed by atoms with E-state index in [1.165, 1.54) is 31.2 Å². The smallest absolute Gasteiger partial charge is 0.311 e. The van der Waals surface area contributed by atoms with Crippen LogP contribution in [0.25, 0.3) is 10.9 Å². The molecule has 0 spiro atoms. The molecule has 3 rings (SSSR count). The first-order chi connectivity index (χ1) is 15.2. The van der Waals surface area contributed by atoms with Crippen molar-refractivity contribution >= 4 is 38.5 Å². The Labute approximate surface area is 187 Å². The molecule has 32 heavy (non-hydrogen) atoms. The number of ether oxygens (including phenoxy) is 1. The molecule has 8 nitrogen and oxygen atoms in total. The number of fused-ring (bicyclic) bond motifs is 1. The molecule has 1 atom stereocenters. The third-order valence-corrected chi connectivity index (χ3v) is 6.23. The molecule has 3 aromatic rings. The fraction of sp³-hybridized carbons (Fsp3) is 0.261. The molecule has 1 amide bonds. The normalized spacial score (nSPS) is 12.5. The summed E-state index contributed by atoms with van der Waals surface area (Å²) in [4.78, 5) is 29.2. The standard InChI is InChI=1S/C23H25N3O5S/c1-15(2)26-32(29,30)20-11-9-19(10-12-20)25-23(28)16(3)31-21(27)14-18-7-4-6-17-8-5-13-24-22(17)18/h4-13,15-16,26H,14H2,1-3H3,(H,25,28). The lowest BCUT2D eigenvalue weighted by Gasteiger charge is -2.14. The van der Waals surface area contributed by atoms with Crippen molar-refractivity contribution < 1.29 is 22.7 Å². The molecular formula is C23H25N3O5S. The Morgan fingerprint density at radius 2 is 1.69 bits per heavy atom. The Bertz CT molecular complexity index is 1220. The van der Waals surface area contributed by atoms with Gasteiger partial charge in [-0.05, 0) is 56.7 Å². The Morgan fingerprint density at radius 1 is 1.00 bits per heavy atom. The molecule has 1 heterocycles. The highest BCUT2D eigenvalue weighted by molar-refractivity contribution is 7.89. The van der Waals surface area contributed by atoms with Gasteiger partial charge in [0, 0.05) is 23.3 Å². The Kier molecular flexibility index (Phi) is 7.22. The molecule has 0 aliphatic rings. The summed E-state index contributed by atoms with van der Waals surface area (Å²) in [7, 11) is -3.62. The molecule has 9 heteroatoms. The highest BCUT2D eigenvalue weighted by atomic mass is 32.2. The number of nitrogens with zero attached hydrogens (tertiary/aromatic N) is 1. The second-order valence-electron chi connectivity index (χ2n) is 7.59. The number of anilines is 1. The van der Waals surface area contributed by atoms with E-state index in [0.29, 0.717) is 16.8 Å². The maximum Gasteiger partial charge on any atom is 0.311 e. The summed E-state index contributed by atoms with van der Waals surface area (Å²) in [5.41, 5.74) is 1.82. The zero-order chi connectivity index (χ0) is 23.3. The van der Waals surface area contributed by atoms with E-state index < -0.39 is 28.0 Å². The molecule has 2 N–H and O–H groups in total. The predicted molar refractivity (Wildman–Crippen MR) is 122 cm³/mol. The maximum atomic E-state index is 12.4. The molecule has 0 fully saturated rings. The first-order valence-corrected chi connectivity index (χ1v) is 11.6. The van der Waals surface area contributed by atoms with Crippen LogP contribution < -0.4 is 10.0 Å². The van der Waals surface area contributed by atoms with Crippen molar-refractivity contribution in [2.45, 2.75) is 44.2 Å². The zero-order valence-corrected chi connectivity index (χ0v) is 18.8. The Hall–Kier alpha value is -3.30. The van der Waals surface area contributed by atoms with Gasteiger partial charge in [-0.25, -0.2) is 13.1 Å². The van der Waals surface area contributed by atoms with E-state index in [-0.39, 0.29) is 17.4 Å². The van der Waals surface area contributed by atoms with Crippen LogP contribution in [-0.2, 0) is 30.8 Å². The van der Waals surface area contributed by atoms with Gasteiger partial charge in [-0.2, -0.15) is 0 Å². The highest BCUT2D eigenvalue weighted by Crippen LogP contribution is 2.18. The number of hydrogen-bond donors (Lipinski definition) is 2. The van der Waals surface area contributed by atoms with Gasteiger partial charge in [0.15, 0.2) is 6.10 Å². The van der Waals surface area contributed by atoms with Crippen LogP contribution in [0.3, 0.4) is 0 Å². The summed E-state index contributed by atoms with van der Waals surface area (Å²) in [6, 6.07) is 14.8. The predicted octanol–water partition coefficient (Wildman–Crippen LogP) is 3.03. The van der Waals surface area contributed by atoms with Crippen molar-refractivity contribution in [1.29, 1.82) is 0 Å². The average Bonchev–Trinajstić information content (AvgIpc) is 2.73. The number of para-hydroxylation sites is 1. The maximum absolute atomic E-state index is 12.4. The van der Waals surface area contributed by atoms with E-state index in [0.717, 1.165) is 5.39 Å². The second-order valence-corrected chi connectivity index (χ2v) is 9.30. The van der Waals surface area contributed by atoms with E-state index in [9.17, 15) is 18.0 Å². The molecule has 0 saturated carbocycles. The molecule has 1 unspecified atom stereocenters. The minimum Gasteiger partial charge on any atom is -0.452 e. The number of rotatable bonds is 8. The number of pyridine rings is 1. The summed E-state index contributed by atoms with van der Waals surface area (Å²) in [6.07, 6.45) is 0.612. The van der Waals surface area contributed by atoms with Crippen LogP contribution in [-0.4, -0.2) is 37.4 Å². The third-order valence-electron chi connectivity index (χ3n) is 4.55. The second kappa shape index (κ2) is 9.88. The molecule has 0 saturated heterocycles. The van der Waals surface area contributed by atoms with Crippen LogP contribution in [0.5, 0.6) is 0 Å². The van der Waals surface area contributed by atoms with E-state index >= 15 is 0 Å². The lowest BCUT2D eigenvalue weighted by Crippen LogP contribution is -2.31. The van der Waals surface area contributed by atoms with E-state index in [1.807, 2.05) is 24.3 Å². The van der Waals surface area contributed by atoms with Crippen LogP contribution in [0.1, 0.15) is 26.3 Å². The summed E-state index contributed by atoms with van der Waals surface area (Å²) in [6.45, 7) is 4.93. The number of hydrogen-bond acceptors (Lipinski definition) is 6. The van der Waals surface area contributed by atoms with Crippen LogP contribution in [0.15, 0.2) is 65.7 Å². The molecule has 0 aliphatic heterocycles. The molecule has 2 aromatic carbocycles. The number of carbonyl (C=O) groups excluding carboxylic acids is 2. The number of nitrogens with one attached hydrogen (secondary N) is 2. The van der Waals surface area contributed by atoms with Crippen molar-refractivity contribution in [3.8, 4) is 0 Å². The van der Waals surface area contributed by atoms with Gasteiger partial charge >= 0.3 is 5.97 Å². The first-order valence-electron chi connectivity index (χ1n) is 10.1. The molecule has 168 valence electrons. The lowest BCUT2D eigenvalue weighted by molar-refractivity contribution is -0.152. The molecule has 0 radical (unpaired) electrons. The monoisotopic (exact) mass is 455 g/mol. The molecule has 0 bridgehead atoms. The first kappa shape index (κ1) is 23.4. The van der Waals surface area contributed by atoms with Crippen LogP contribution in [0.2, 0.25) is 0 Å². The highest BCUT2D eigenvalue weighted by Gasteiger charge is 2.20. The minimum absolute atomic E-state index is 0.0125. The number of amides is 1. The molecular weight excluding hydrogens is 430 g/mol. The molecule has 1 aromatic heterocycles. The zero-order valence-electron chi connectivity index (χ0n) is 18.0. The van der Waals surface area contributed by atoms with Gasteiger partial charge in [0.05, 0.1) is 16.8 Å². The van der Waals surface area contributed by atoms with Crippen molar-refractivity contribution in [1.82, 2.24) is 9.71 Å². The van der Waals surface area contributed by atoms with Gasteiger partial charge < -0.3 is 10.1 Å². The quantitative estimate of drug-likeness (QED) is 0.505. The average molecular weight is 456 g/mol. The van der Waals surface area contributed by atoms with Crippen molar-refractivity contribution in [3.63, 3.8) is 0 Å². The van der Waals surface area contributed by atoms with Crippen molar-refractivity contribution in [2.75, 3.05) is 5.32 Å². The Balaban J connectivity index is 1.59. The van der Waals surface area contributed by atoms with Gasteiger partial charge in [0.1, 0.15) is 0 Å². The van der Waals surface area contributed by atoms with E-state index in [2.05, 4.69) is 15.0 Å². The summed E-state index contributed by atoms with van der Waals surface area (Å²) < 4.78 is 32.1. The largest absolute Gasteiger partial charge is 0.452 e. The number of sulfonamides is 1. The van der Waals surface area contributed by atoms with Gasteiger partial charge in [-0.15, -0.1) is 0 Å². The lowest BCUT2D eigenvalue weighted by atomic mass is 10.1. The number of carbonyl (C=O) groups is 2. The summed E-state index contributed by atoms with van der Waals surface area (Å²) in [5.74, 6) is -1.07. The fourth-order valence-corrected chi connectivity index (χ4v) is 4.35. The molecule has 0 aliphatic carbocycles. The number of esters is 1. The topological polar surface area (TPSA) is 114 Å². The van der Waals surface area contributed by atoms with Gasteiger partial charge in [-0.1, -0.05) is 24.3 Å². The van der Waals surface area contributed by atoms with Crippen LogP contribution >= 0.6 is 0 Å². The Morgan fingerprint density at radius 3 is 2.38 bits per heavy atom. The number of aromatic nitrogens is 1. The summed E-state index contributed by atoms with van der Waals surface area (Å²) in [5, 5.41) is 3.53. The van der Waals surface area contributed by atoms with Gasteiger partial charge in [0.25, 0.3) is 5.91 Å².